The summed E-state index contributed by atoms with van der Waals surface area (Å²) in [5.74, 6) is -1.84. The molecule has 0 bridgehead atoms. The Balaban J connectivity index is 2.68. The normalized spacial score (nSPS) is 9.64. The predicted molar refractivity (Wildman–Crippen MR) is 47.7 cm³/mol. The maximum absolute atomic E-state index is 13.0. The van der Waals surface area contributed by atoms with Crippen molar-refractivity contribution >= 4 is 6.03 Å². The molecule has 0 aliphatic rings. The largest absolute Gasteiger partial charge is 0.341 e. The van der Waals surface area contributed by atoms with Crippen molar-refractivity contribution in [3.8, 4) is 0 Å². The number of hydrogen-bond acceptors (Lipinski definition) is 1. The van der Waals surface area contributed by atoms with Gasteiger partial charge in [0.2, 0.25) is 0 Å². The van der Waals surface area contributed by atoms with Gasteiger partial charge in [0.05, 0.1) is 0 Å². The molecule has 0 radical (unpaired) electrons. The van der Waals surface area contributed by atoms with E-state index >= 15 is 0 Å². The smallest absolute Gasteiger partial charge is 0.314 e. The molecule has 0 spiro atoms. The monoisotopic (exact) mass is 200 g/mol. The van der Waals surface area contributed by atoms with Gasteiger partial charge in [-0.05, 0) is 6.07 Å². The second-order valence-electron chi connectivity index (χ2n) is 2.65. The number of nitrogens with one attached hydrogen (secondary N) is 2. The van der Waals surface area contributed by atoms with Crippen LogP contribution in [0.15, 0.2) is 18.2 Å². The summed E-state index contributed by atoms with van der Waals surface area (Å²) in [6.07, 6.45) is 0. The van der Waals surface area contributed by atoms with E-state index in [2.05, 4.69) is 10.6 Å². The lowest BCUT2D eigenvalue weighted by Crippen LogP contribution is -2.32. The fourth-order valence-corrected chi connectivity index (χ4v) is 0.949. The van der Waals surface area contributed by atoms with Crippen molar-refractivity contribution in [3.63, 3.8) is 0 Å². The van der Waals surface area contributed by atoms with Crippen LogP contribution in [-0.4, -0.2) is 13.1 Å². The molecule has 76 valence electrons. The minimum Gasteiger partial charge on any atom is -0.341 e. The first-order valence-corrected chi connectivity index (χ1v) is 4.03. The van der Waals surface area contributed by atoms with Gasteiger partial charge in [-0.1, -0.05) is 12.1 Å². The van der Waals surface area contributed by atoms with Crippen molar-refractivity contribution < 1.29 is 13.6 Å². The van der Waals surface area contributed by atoms with Gasteiger partial charge in [-0.2, -0.15) is 0 Å². The SMILES string of the molecule is CNC(=O)NCc1cccc(F)c1F. The van der Waals surface area contributed by atoms with E-state index < -0.39 is 17.7 Å². The number of amides is 2. The number of urea groups is 1. The Bertz CT molecular complexity index is 342. The first-order valence-electron chi connectivity index (χ1n) is 4.03. The Morgan fingerprint density at radius 1 is 1.43 bits per heavy atom. The van der Waals surface area contributed by atoms with Gasteiger partial charge in [-0.15, -0.1) is 0 Å². The van der Waals surface area contributed by atoms with Crippen LogP contribution in [0.5, 0.6) is 0 Å². The quantitative estimate of drug-likeness (QED) is 0.744. The summed E-state index contributed by atoms with van der Waals surface area (Å²) in [7, 11) is 1.44. The molecule has 1 aromatic carbocycles. The van der Waals surface area contributed by atoms with Crippen LogP contribution in [0.25, 0.3) is 0 Å². The zero-order chi connectivity index (χ0) is 10.6. The molecule has 0 fully saturated rings. The molecule has 3 nitrogen and oxygen atoms in total. The van der Waals surface area contributed by atoms with E-state index in [0.29, 0.717) is 0 Å². The molecule has 0 saturated heterocycles. The minimum atomic E-state index is -0.927. The number of halogens is 2. The van der Waals surface area contributed by atoms with Gasteiger partial charge in [0.1, 0.15) is 0 Å². The minimum absolute atomic E-state index is 0.0384. The van der Waals surface area contributed by atoms with E-state index in [1.807, 2.05) is 0 Å². The predicted octanol–water partition coefficient (Wildman–Crippen LogP) is 1.39. The summed E-state index contributed by atoms with van der Waals surface area (Å²) in [4.78, 5) is 10.7. The zero-order valence-corrected chi connectivity index (χ0v) is 7.60. The third kappa shape index (κ3) is 2.42. The Labute approximate surface area is 80.1 Å². The molecule has 14 heavy (non-hydrogen) atoms. The van der Waals surface area contributed by atoms with Crippen LogP contribution in [0, 0.1) is 11.6 Å². The van der Waals surface area contributed by atoms with Crippen molar-refractivity contribution in [3.05, 3.63) is 35.4 Å². The highest BCUT2D eigenvalue weighted by molar-refractivity contribution is 5.73. The summed E-state index contributed by atoms with van der Waals surface area (Å²) in [5.41, 5.74) is 0.119. The number of carbonyl (C=O) groups is 1. The molecule has 0 atom stereocenters. The van der Waals surface area contributed by atoms with Gasteiger partial charge in [0.25, 0.3) is 0 Å². The average molecular weight is 200 g/mol. The molecule has 0 heterocycles. The number of carbonyl (C=O) groups excluding carboxylic acids is 1. The van der Waals surface area contributed by atoms with Crippen molar-refractivity contribution in [2.24, 2.45) is 0 Å². The maximum Gasteiger partial charge on any atom is 0.314 e. The van der Waals surface area contributed by atoms with Gasteiger partial charge in [-0.25, -0.2) is 13.6 Å². The molecular formula is C9H10F2N2O. The molecule has 5 heteroatoms. The van der Waals surface area contributed by atoms with Gasteiger partial charge in [0.15, 0.2) is 11.6 Å². The van der Waals surface area contributed by atoms with Crippen molar-refractivity contribution in [2.75, 3.05) is 7.05 Å². The third-order valence-electron chi connectivity index (χ3n) is 1.70. The maximum atomic E-state index is 13.0. The van der Waals surface area contributed by atoms with E-state index in [4.69, 9.17) is 0 Å². The van der Waals surface area contributed by atoms with E-state index in [9.17, 15) is 13.6 Å². The molecule has 2 amide bonds. The topological polar surface area (TPSA) is 41.1 Å². The van der Waals surface area contributed by atoms with Gasteiger partial charge < -0.3 is 10.6 Å². The fraction of sp³-hybridized carbons (Fsp3) is 0.222. The van der Waals surface area contributed by atoms with Gasteiger partial charge in [0, 0.05) is 19.2 Å². The lowest BCUT2D eigenvalue weighted by molar-refractivity contribution is 0.242. The highest BCUT2D eigenvalue weighted by atomic mass is 19.2. The van der Waals surface area contributed by atoms with Crippen LogP contribution >= 0.6 is 0 Å². The molecule has 0 unspecified atom stereocenters. The summed E-state index contributed by atoms with van der Waals surface area (Å²) < 4.78 is 25.7. The molecule has 0 aliphatic heterocycles. The Morgan fingerprint density at radius 2 is 2.14 bits per heavy atom. The lowest BCUT2D eigenvalue weighted by Gasteiger charge is -2.05. The van der Waals surface area contributed by atoms with Crippen LogP contribution in [0.3, 0.4) is 0 Å². The number of benzene rings is 1. The van der Waals surface area contributed by atoms with E-state index in [0.717, 1.165) is 6.07 Å². The Kier molecular flexibility index (Phi) is 3.39. The number of rotatable bonds is 2. The molecule has 1 rings (SSSR count). The molecule has 2 N–H and O–H groups in total. The molecule has 0 aliphatic carbocycles. The van der Waals surface area contributed by atoms with Crippen LogP contribution in [0.4, 0.5) is 13.6 Å². The Hall–Kier alpha value is -1.65. The standard InChI is InChI=1S/C9H10F2N2O/c1-12-9(14)13-5-6-3-2-4-7(10)8(6)11/h2-4H,5H2,1H3,(H2,12,13,14). The average Bonchev–Trinajstić information content (AvgIpc) is 2.20. The first-order chi connectivity index (χ1) is 6.65. The second-order valence-corrected chi connectivity index (χ2v) is 2.65. The highest BCUT2D eigenvalue weighted by Gasteiger charge is 2.07. The van der Waals surface area contributed by atoms with Crippen molar-refractivity contribution in [2.45, 2.75) is 6.54 Å². The molecular weight excluding hydrogens is 190 g/mol. The van der Waals surface area contributed by atoms with Crippen LogP contribution in [0.2, 0.25) is 0 Å². The third-order valence-corrected chi connectivity index (χ3v) is 1.70. The van der Waals surface area contributed by atoms with Crippen molar-refractivity contribution in [1.82, 2.24) is 10.6 Å². The molecule has 0 saturated carbocycles. The van der Waals surface area contributed by atoms with E-state index in [1.54, 1.807) is 0 Å². The summed E-state index contributed by atoms with van der Waals surface area (Å²) in [5, 5.41) is 4.66. The summed E-state index contributed by atoms with van der Waals surface area (Å²) in [6.45, 7) is -0.0384. The zero-order valence-electron chi connectivity index (χ0n) is 7.60. The van der Waals surface area contributed by atoms with E-state index in [1.165, 1.54) is 19.2 Å². The van der Waals surface area contributed by atoms with Crippen LogP contribution < -0.4 is 10.6 Å². The number of hydrogen-bond donors (Lipinski definition) is 2. The second kappa shape index (κ2) is 4.55. The summed E-state index contributed by atoms with van der Waals surface area (Å²) in [6, 6.07) is 3.39. The van der Waals surface area contributed by atoms with Gasteiger partial charge in [-0.3, -0.25) is 0 Å². The van der Waals surface area contributed by atoms with Crippen LogP contribution in [0.1, 0.15) is 5.56 Å². The van der Waals surface area contributed by atoms with Crippen LogP contribution in [-0.2, 0) is 6.54 Å². The van der Waals surface area contributed by atoms with Crippen molar-refractivity contribution in [1.29, 1.82) is 0 Å². The first kappa shape index (κ1) is 10.4. The molecule has 1 aromatic rings. The Morgan fingerprint density at radius 3 is 2.79 bits per heavy atom. The van der Waals surface area contributed by atoms with Gasteiger partial charge >= 0.3 is 6.03 Å². The lowest BCUT2D eigenvalue weighted by atomic mass is 10.2. The van der Waals surface area contributed by atoms with E-state index in [-0.39, 0.29) is 12.1 Å². The molecule has 0 aromatic heterocycles. The highest BCUT2D eigenvalue weighted by Crippen LogP contribution is 2.10. The fourth-order valence-electron chi connectivity index (χ4n) is 0.949. The summed E-state index contributed by atoms with van der Waals surface area (Å²) >= 11 is 0.